The first-order chi connectivity index (χ1) is 11.6. The van der Waals surface area contributed by atoms with Crippen molar-refractivity contribution in [1.29, 1.82) is 0 Å². The van der Waals surface area contributed by atoms with Crippen LogP contribution in [0.25, 0.3) is 0 Å². The number of rotatable bonds is 4. The van der Waals surface area contributed by atoms with Gasteiger partial charge < -0.3 is 19.6 Å². The summed E-state index contributed by atoms with van der Waals surface area (Å²) in [5.41, 5.74) is 2.25. The van der Waals surface area contributed by atoms with E-state index >= 15 is 0 Å². The fraction of sp³-hybridized carbons (Fsp3) is 0.571. The Morgan fingerprint density at radius 1 is 0.577 bits per heavy atom. The molecule has 4 nitrogen and oxygen atoms in total. The Hall–Kier alpha value is -1.31. The second-order valence-corrected chi connectivity index (χ2v) is 7.24. The molecule has 152 valence electrons. The molecule has 0 N–H and O–H groups in total. The van der Waals surface area contributed by atoms with Crippen molar-refractivity contribution in [3.8, 4) is 0 Å². The van der Waals surface area contributed by atoms with Crippen LogP contribution in [-0.2, 0) is 16.5 Å². The zero-order valence-corrected chi connectivity index (χ0v) is 18.8. The van der Waals surface area contributed by atoms with E-state index in [1.54, 1.807) is 0 Å². The Kier molecular flexibility index (Phi) is 14.3. The molecular weight excluding hydrogens is 367 g/mol. The normalized spacial score (nSPS) is 15.2. The van der Waals surface area contributed by atoms with Crippen LogP contribution in [0.5, 0.6) is 0 Å². The van der Waals surface area contributed by atoms with Gasteiger partial charge in [0.2, 0.25) is 0 Å². The monoisotopic (exact) mass is 404 g/mol. The van der Waals surface area contributed by atoms with E-state index in [0.717, 1.165) is 0 Å². The number of hydrogen-bond donors (Lipinski definition) is 0. The van der Waals surface area contributed by atoms with E-state index < -0.39 is 0 Å². The summed E-state index contributed by atoms with van der Waals surface area (Å²) in [4.78, 5) is 8.83. The van der Waals surface area contributed by atoms with Gasteiger partial charge in [0.15, 0.2) is 0 Å². The molecule has 0 radical (unpaired) electrons. The predicted molar refractivity (Wildman–Crippen MR) is 110 cm³/mol. The molecule has 0 aromatic rings. The maximum absolute atomic E-state index is 3.12. The fourth-order valence-electron chi connectivity index (χ4n) is 1.99. The van der Waals surface area contributed by atoms with E-state index in [4.69, 9.17) is 0 Å². The van der Waals surface area contributed by atoms with Crippen LogP contribution in [0.1, 0.15) is 55.4 Å². The molecule has 2 aliphatic heterocycles. The predicted octanol–water partition coefficient (Wildman–Crippen LogP) is 4.98. The average molecular weight is 405 g/mol. The van der Waals surface area contributed by atoms with Gasteiger partial charge in [0.1, 0.15) is 0 Å². The number of hydrogen-bond acceptors (Lipinski definition) is 4. The van der Waals surface area contributed by atoms with Crippen molar-refractivity contribution in [1.82, 2.24) is 19.6 Å². The SMILES string of the molecule is C=C=C.CC(C)N1C=CN(C(C)C)[CH-]1.CC(C)N1C=CN(C(C)C)[CH-]1.[Ni+2]. The van der Waals surface area contributed by atoms with Crippen molar-refractivity contribution in [2.75, 3.05) is 0 Å². The Bertz CT molecular complexity index is 381. The second kappa shape index (κ2) is 13.8. The first-order valence-corrected chi connectivity index (χ1v) is 9.09. The molecule has 2 rings (SSSR count). The van der Waals surface area contributed by atoms with Gasteiger partial charge in [0, 0.05) is 0 Å². The topological polar surface area (TPSA) is 13.0 Å². The van der Waals surface area contributed by atoms with Gasteiger partial charge in [0.05, 0.1) is 0 Å². The van der Waals surface area contributed by atoms with Crippen LogP contribution in [-0.4, -0.2) is 43.8 Å². The molecular formula is C21H38N4Ni. The van der Waals surface area contributed by atoms with Crippen molar-refractivity contribution in [3.05, 3.63) is 57.0 Å². The zero-order valence-electron chi connectivity index (χ0n) is 17.8. The molecule has 0 saturated heterocycles. The van der Waals surface area contributed by atoms with E-state index in [-0.39, 0.29) is 16.5 Å². The molecule has 0 saturated carbocycles. The largest absolute Gasteiger partial charge is 2.00 e. The standard InChI is InChI=1S/2C9H17N2.C3H4.Ni/c2*1-8(2)10-5-6-11(7-10)9(3)4;1-3-2;/h2*5-9H,1-4H3;1-2H2;/q2*-1;;+2. The van der Waals surface area contributed by atoms with Crippen molar-refractivity contribution in [2.45, 2.75) is 79.6 Å². The Morgan fingerprint density at radius 3 is 0.808 bits per heavy atom. The maximum Gasteiger partial charge on any atom is 2.00 e. The summed E-state index contributed by atoms with van der Waals surface area (Å²) in [6, 6.07) is 2.26. The smallest absolute Gasteiger partial charge is 0.506 e. The van der Waals surface area contributed by atoms with Gasteiger partial charge in [-0.3, -0.25) is 0 Å². The second-order valence-electron chi connectivity index (χ2n) is 7.24. The van der Waals surface area contributed by atoms with Gasteiger partial charge in [-0.05, 0) is 104 Å². The first kappa shape index (κ1) is 26.9. The van der Waals surface area contributed by atoms with Crippen LogP contribution in [0.3, 0.4) is 0 Å². The minimum atomic E-state index is 0. The Labute approximate surface area is 172 Å². The van der Waals surface area contributed by atoms with Gasteiger partial charge in [0.25, 0.3) is 0 Å². The summed E-state index contributed by atoms with van der Waals surface area (Å²) in [5.74, 6) is 0. The molecule has 0 bridgehead atoms. The van der Waals surface area contributed by atoms with Gasteiger partial charge in [-0.2, -0.15) is 13.3 Å². The fourth-order valence-corrected chi connectivity index (χ4v) is 1.99. The minimum absolute atomic E-state index is 0. The average Bonchev–Trinajstić information content (AvgIpc) is 3.18. The summed E-state index contributed by atoms with van der Waals surface area (Å²) < 4.78 is 0. The summed E-state index contributed by atoms with van der Waals surface area (Å²) >= 11 is 0. The summed E-state index contributed by atoms with van der Waals surface area (Å²) in [5, 5.41) is 0. The van der Waals surface area contributed by atoms with E-state index in [0.29, 0.717) is 24.2 Å². The zero-order chi connectivity index (χ0) is 19.6. The summed E-state index contributed by atoms with van der Waals surface area (Å²) in [7, 11) is 0. The number of nitrogens with zero attached hydrogens (tertiary/aromatic N) is 4. The molecule has 0 amide bonds. The van der Waals surface area contributed by atoms with Crippen molar-refractivity contribution in [2.24, 2.45) is 0 Å². The summed E-state index contributed by atoms with van der Waals surface area (Å²) in [6.45, 7) is 28.0. The summed E-state index contributed by atoms with van der Waals surface area (Å²) in [6.07, 6.45) is 8.46. The molecule has 0 aromatic carbocycles. The molecule has 0 aliphatic carbocycles. The van der Waals surface area contributed by atoms with Gasteiger partial charge in [-0.25, -0.2) is 0 Å². The molecule has 0 unspecified atom stereocenters. The van der Waals surface area contributed by atoms with E-state index in [9.17, 15) is 0 Å². The van der Waals surface area contributed by atoms with Gasteiger partial charge in [-0.1, -0.05) is 13.2 Å². The quantitative estimate of drug-likeness (QED) is 0.372. The minimum Gasteiger partial charge on any atom is -0.506 e. The van der Waals surface area contributed by atoms with Crippen LogP contribution in [0.15, 0.2) is 43.7 Å². The molecule has 0 fully saturated rings. The van der Waals surface area contributed by atoms with E-state index in [1.807, 2.05) is 0 Å². The third-order valence-electron chi connectivity index (χ3n) is 3.74. The molecule has 5 heteroatoms. The van der Waals surface area contributed by atoms with Crippen molar-refractivity contribution in [3.63, 3.8) is 0 Å². The van der Waals surface area contributed by atoms with Crippen molar-refractivity contribution < 1.29 is 16.5 Å². The maximum atomic E-state index is 3.12. The van der Waals surface area contributed by atoms with Crippen LogP contribution >= 0.6 is 0 Å². The van der Waals surface area contributed by atoms with Gasteiger partial charge >= 0.3 is 16.5 Å². The molecule has 2 heterocycles. The van der Waals surface area contributed by atoms with E-state index in [1.165, 1.54) is 0 Å². The van der Waals surface area contributed by atoms with Crippen LogP contribution < -0.4 is 0 Å². The van der Waals surface area contributed by atoms with Gasteiger partial charge in [-0.15, -0.1) is 5.73 Å². The first-order valence-electron chi connectivity index (χ1n) is 9.09. The molecule has 2 aliphatic rings. The third kappa shape index (κ3) is 9.99. The third-order valence-corrected chi connectivity index (χ3v) is 3.74. The molecule has 0 aromatic heterocycles. The Balaban J connectivity index is 0. The Morgan fingerprint density at radius 2 is 0.731 bits per heavy atom. The molecule has 0 spiro atoms. The van der Waals surface area contributed by atoms with Crippen LogP contribution in [0, 0.1) is 13.3 Å². The van der Waals surface area contributed by atoms with E-state index in [2.05, 4.69) is 132 Å². The molecule has 0 atom stereocenters. The molecule has 26 heavy (non-hydrogen) atoms. The van der Waals surface area contributed by atoms with Crippen molar-refractivity contribution >= 4 is 0 Å². The van der Waals surface area contributed by atoms with Crippen LogP contribution in [0.2, 0.25) is 0 Å². The van der Waals surface area contributed by atoms with Crippen LogP contribution in [0.4, 0.5) is 0 Å².